The van der Waals surface area contributed by atoms with Crippen LogP contribution in [0, 0.1) is 0 Å². The van der Waals surface area contributed by atoms with E-state index >= 15 is 0 Å². The Morgan fingerprint density at radius 3 is 1.75 bits per heavy atom. The van der Waals surface area contributed by atoms with E-state index < -0.39 is 0 Å². The minimum absolute atomic E-state index is 0. The maximum Gasteiger partial charge on any atom is 2.00 e. The van der Waals surface area contributed by atoms with Gasteiger partial charge in [0.1, 0.15) is 0 Å². The van der Waals surface area contributed by atoms with Crippen LogP contribution in [0.3, 0.4) is 0 Å². The predicted octanol–water partition coefficient (Wildman–Crippen LogP) is -0.733. The van der Waals surface area contributed by atoms with Crippen molar-refractivity contribution in [1.82, 2.24) is 5.32 Å². The molecular formula is C4H7CaNO2. The van der Waals surface area contributed by atoms with Crippen molar-refractivity contribution in [3.63, 3.8) is 0 Å². The van der Waals surface area contributed by atoms with Gasteiger partial charge in [-0.05, 0) is 0 Å². The first-order valence-corrected chi connectivity index (χ1v) is 2.12. The van der Waals surface area contributed by atoms with Crippen LogP contribution in [0.4, 0.5) is 0 Å². The van der Waals surface area contributed by atoms with E-state index in [2.05, 4.69) is 5.32 Å². The topological polar surface area (TPSA) is 46.2 Å². The Kier molecular flexibility index (Phi) is 3.60. The normalized spacial score (nSPS) is 17.5. The number of nitrogens with one attached hydrogen (secondary N) is 1. The van der Waals surface area contributed by atoms with Gasteiger partial charge in [-0.1, -0.05) is 0 Å². The summed E-state index contributed by atoms with van der Waals surface area (Å²) in [4.78, 5) is 20.2. The molecule has 4 heteroatoms. The summed E-state index contributed by atoms with van der Waals surface area (Å²) in [7, 11) is 0. The molecule has 2 amide bonds. The smallest absolute Gasteiger partial charge is 1.00 e. The van der Waals surface area contributed by atoms with Gasteiger partial charge in [0.15, 0.2) is 0 Å². The van der Waals surface area contributed by atoms with Crippen LogP contribution >= 0.6 is 0 Å². The van der Waals surface area contributed by atoms with E-state index in [1.54, 1.807) is 0 Å². The third kappa shape index (κ3) is 2.11. The average molecular weight is 141 g/mol. The molecule has 0 aromatic rings. The van der Waals surface area contributed by atoms with E-state index in [0.717, 1.165) is 0 Å². The van der Waals surface area contributed by atoms with Crippen LogP contribution in [0.1, 0.15) is 15.7 Å². The van der Waals surface area contributed by atoms with Crippen LogP contribution in [-0.2, 0) is 9.59 Å². The minimum Gasteiger partial charge on any atom is -1.00 e. The second-order valence-electron chi connectivity index (χ2n) is 1.47. The van der Waals surface area contributed by atoms with E-state index in [-0.39, 0.29) is 52.4 Å². The molecule has 0 bridgehead atoms. The summed E-state index contributed by atoms with van der Waals surface area (Å²) in [6.07, 6.45) is 0.748. The fraction of sp³-hybridized carbons (Fsp3) is 0.500. The summed E-state index contributed by atoms with van der Waals surface area (Å²) < 4.78 is 0. The van der Waals surface area contributed by atoms with Crippen LogP contribution in [0.2, 0.25) is 0 Å². The summed E-state index contributed by atoms with van der Waals surface area (Å²) in [5, 5.41) is 2.14. The molecule has 0 aliphatic carbocycles. The summed E-state index contributed by atoms with van der Waals surface area (Å²) in [5.41, 5.74) is 0. The molecule has 8 heavy (non-hydrogen) atoms. The Hall–Kier alpha value is 0.400. The van der Waals surface area contributed by atoms with E-state index in [9.17, 15) is 9.59 Å². The molecule has 0 unspecified atom stereocenters. The third-order valence-electron chi connectivity index (χ3n) is 0.858. The zero-order chi connectivity index (χ0) is 5.28. The molecule has 0 aromatic carbocycles. The Labute approximate surface area is 79.8 Å². The molecule has 0 saturated carbocycles. The van der Waals surface area contributed by atoms with Gasteiger partial charge >= 0.3 is 37.7 Å². The Balaban J connectivity index is -0.000000163. The molecule has 1 aliphatic rings. The third-order valence-corrected chi connectivity index (χ3v) is 0.858. The summed E-state index contributed by atoms with van der Waals surface area (Å²) in [6, 6.07) is 0. The van der Waals surface area contributed by atoms with Gasteiger partial charge in [0.25, 0.3) is 0 Å². The van der Waals surface area contributed by atoms with E-state index in [1.807, 2.05) is 0 Å². The van der Waals surface area contributed by atoms with Crippen molar-refractivity contribution in [1.29, 1.82) is 0 Å². The largest absolute Gasteiger partial charge is 2.00 e. The molecule has 1 rings (SSSR count). The maximum absolute atomic E-state index is 10.1. The molecule has 0 aromatic heterocycles. The van der Waals surface area contributed by atoms with Crippen molar-refractivity contribution in [2.24, 2.45) is 0 Å². The minimum atomic E-state index is -0.148. The quantitative estimate of drug-likeness (QED) is 0.357. The van der Waals surface area contributed by atoms with Gasteiger partial charge in [-0.3, -0.25) is 14.9 Å². The summed E-state index contributed by atoms with van der Waals surface area (Å²) >= 11 is 0. The van der Waals surface area contributed by atoms with Gasteiger partial charge in [0.05, 0.1) is 0 Å². The van der Waals surface area contributed by atoms with E-state index in [0.29, 0.717) is 12.8 Å². The van der Waals surface area contributed by atoms with Gasteiger partial charge in [0.2, 0.25) is 11.8 Å². The van der Waals surface area contributed by atoms with Gasteiger partial charge < -0.3 is 2.85 Å². The predicted molar refractivity (Wildman–Crippen MR) is 30.4 cm³/mol. The Morgan fingerprint density at radius 2 is 1.62 bits per heavy atom. The molecule has 3 nitrogen and oxygen atoms in total. The van der Waals surface area contributed by atoms with Crippen molar-refractivity contribution < 1.29 is 12.4 Å². The second kappa shape index (κ2) is 3.43. The molecule has 42 valence electrons. The standard InChI is InChI=1S/C4H5NO2.Ca.2H/c6-3-1-2-4(7)5-3;;;/h1-2H2,(H,5,6,7);;;/q;+2;2*-1. The Morgan fingerprint density at radius 1 is 1.25 bits per heavy atom. The van der Waals surface area contributed by atoms with Crippen molar-refractivity contribution in [3.8, 4) is 0 Å². The zero-order valence-corrected chi connectivity index (χ0v) is 6.65. The van der Waals surface area contributed by atoms with Crippen LogP contribution in [0.25, 0.3) is 0 Å². The first-order valence-electron chi connectivity index (χ1n) is 2.12. The van der Waals surface area contributed by atoms with Crippen LogP contribution in [0.5, 0.6) is 0 Å². The van der Waals surface area contributed by atoms with Crippen LogP contribution in [-0.4, -0.2) is 49.6 Å². The number of imide groups is 1. The zero-order valence-electron chi connectivity index (χ0n) is 6.44. The SMILES string of the molecule is O=C1CCC(=O)N1.[Ca+2].[H-].[H-]. The average Bonchev–Trinajstić information content (AvgIpc) is 1.87. The van der Waals surface area contributed by atoms with E-state index in [4.69, 9.17) is 0 Å². The molecule has 1 saturated heterocycles. The molecule has 0 atom stereocenters. The molecule has 0 spiro atoms. The monoisotopic (exact) mass is 141 g/mol. The van der Waals surface area contributed by atoms with Gasteiger partial charge in [-0.2, -0.15) is 0 Å². The van der Waals surface area contributed by atoms with Gasteiger partial charge in [0, 0.05) is 12.8 Å². The van der Waals surface area contributed by atoms with Crippen LogP contribution < -0.4 is 5.32 Å². The fourth-order valence-electron chi connectivity index (χ4n) is 0.508. The number of carbonyl (C=O) groups is 2. The number of carbonyl (C=O) groups excluding carboxylic acids is 2. The number of rotatable bonds is 0. The van der Waals surface area contributed by atoms with Crippen molar-refractivity contribution in [2.75, 3.05) is 0 Å². The van der Waals surface area contributed by atoms with Gasteiger partial charge in [-0.25, -0.2) is 0 Å². The number of hydrogen-bond donors (Lipinski definition) is 1. The molecule has 1 heterocycles. The van der Waals surface area contributed by atoms with Crippen LogP contribution in [0.15, 0.2) is 0 Å². The molecule has 1 fully saturated rings. The second-order valence-corrected chi connectivity index (χ2v) is 1.47. The van der Waals surface area contributed by atoms with E-state index in [1.165, 1.54) is 0 Å². The molecule has 0 radical (unpaired) electrons. The van der Waals surface area contributed by atoms with Crippen molar-refractivity contribution in [2.45, 2.75) is 12.8 Å². The maximum atomic E-state index is 10.1. The first kappa shape index (κ1) is 8.40. The Bertz CT molecular complexity index is 116. The molecular weight excluding hydrogens is 134 g/mol. The fourth-order valence-corrected chi connectivity index (χ4v) is 0.508. The molecule has 1 N–H and O–H groups in total. The number of hydrogen-bond acceptors (Lipinski definition) is 2. The molecule has 1 aliphatic heterocycles. The summed E-state index contributed by atoms with van der Waals surface area (Å²) in [6.45, 7) is 0. The van der Waals surface area contributed by atoms with Crippen molar-refractivity contribution >= 4 is 49.6 Å². The first-order chi connectivity index (χ1) is 3.29. The summed E-state index contributed by atoms with van der Waals surface area (Å²) in [5.74, 6) is -0.296. The number of amides is 2. The van der Waals surface area contributed by atoms with Gasteiger partial charge in [-0.15, -0.1) is 0 Å². The van der Waals surface area contributed by atoms with Crippen molar-refractivity contribution in [3.05, 3.63) is 0 Å².